The number of hydrogen-bond donors (Lipinski definition) is 1. The molecule has 1 N–H and O–H groups in total. The van der Waals surface area contributed by atoms with Crippen LogP contribution in [0, 0.1) is 11.6 Å². The van der Waals surface area contributed by atoms with Crippen LogP contribution in [0.15, 0.2) is 78.4 Å². The van der Waals surface area contributed by atoms with Gasteiger partial charge in [-0.2, -0.15) is 0 Å². The second kappa shape index (κ2) is 8.63. The topological polar surface area (TPSA) is 66.8 Å². The lowest BCUT2D eigenvalue weighted by Gasteiger charge is -2.25. The van der Waals surface area contributed by atoms with Gasteiger partial charge in [0, 0.05) is 11.3 Å². The number of amides is 1. The van der Waals surface area contributed by atoms with Crippen molar-refractivity contribution in [3.8, 4) is 5.75 Å². The minimum absolute atomic E-state index is 0.153. The molecule has 1 fully saturated rings. The molecular weight excluding hydrogens is 416 g/mol. The minimum Gasteiger partial charge on any atom is -0.507 e. The molecule has 4 rings (SSSR count). The zero-order valence-electron chi connectivity index (χ0n) is 17.1. The Morgan fingerprint density at radius 2 is 1.59 bits per heavy atom. The van der Waals surface area contributed by atoms with Crippen LogP contribution in [-0.4, -0.2) is 23.4 Å². The number of ether oxygens (including phenoxy) is 1. The predicted molar refractivity (Wildman–Crippen MR) is 115 cm³/mol. The molecule has 0 bridgehead atoms. The summed E-state index contributed by atoms with van der Waals surface area (Å²) in [4.78, 5) is 27.2. The normalized spacial score (nSPS) is 17.6. The summed E-state index contributed by atoms with van der Waals surface area (Å²) < 4.78 is 32.5. The fraction of sp³-hybridized carbons (Fsp3) is 0.120. The molecular formula is C25H19F2NO4. The SMILES string of the molecule is CCOc1cccc(/C(O)=C2/C(=O)C(=O)N(c3ccc(F)cc3)C2c2ccc(F)cc2)c1. The molecule has 1 unspecified atom stereocenters. The number of nitrogens with zero attached hydrogens (tertiary/aromatic N) is 1. The Hall–Kier alpha value is -4.00. The van der Waals surface area contributed by atoms with Gasteiger partial charge in [-0.05, 0) is 61.0 Å². The fourth-order valence-electron chi connectivity index (χ4n) is 3.72. The van der Waals surface area contributed by atoms with E-state index in [4.69, 9.17) is 4.74 Å². The molecule has 0 aliphatic carbocycles. The Bertz CT molecular complexity index is 1200. The number of anilines is 1. The lowest BCUT2D eigenvalue weighted by Crippen LogP contribution is -2.29. The summed E-state index contributed by atoms with van der Waals surface area (Å²) >= 11 is 0. The third-order valence-electron chi connectivity index (χ3n) is 5.15. The molecule has 0 aromatic heterocycles. The van der Waals surface area contributed by atoms with Crippen molar-refractivity contribution in [2.45, 2.75) is 13.0 Å². The molecule has 162 valence electrons. The maximum absolute atomic E-state index is 13.6. The third-order valence-corrected chi connectivity index (χ3v) is 5.15. The number of carbonyl (C=O) groups excluding carboxylic acids is 2. The summed E-state index contributed by atoms with van der Waals surface area (Å²) in [6.07, 6.45) is 0. The van der Waals surface area contributed by atoms with Gasteiger partial charge in [-0.25, -0.2) is 8.78 Å². The molecule has 0 spiro atoms. The zero-order valence-corrected chi connectivity index (χ0v) is 17.1. The first-order chi connectivity index (χ1) is 15.4. The van der Waals surface area contributed by atoms with E-state index in [1.165, 1.54) is 53.4 Å². The predicted octanol–water partition coefficient (Wildman–Crippen LogP) is 4.99. The first-order valence-electron chi connectivity index (χ1n) is 9.96. The lowest BCUT2D eigenvalue weighted by molar-refractivity contribution is -0.132. The van der Waals surface area contributed by atoms with E-state index >= 15 is 0 Å². The van der Waals surface area contributed by atoms with Gasteiger partial charge in [0.15, 0.2) is 0 Å². The number of benzene rings is 3. The van der Waals surface area contributed by atoms with Crippen molar-refractivity contribution in [3.63, 3.8) is 0 Å². The molecule has 3 aromatic rings. The van der Waals surface area contributed by atoms with Crippen molar-refractivity contribution >= 4 is 23.1 Å². The van der Waals surface area contributed by atoms with Gasteiger partial charge in [0.05, 0.1) is 18.2 Å². The molecule has 3 aromatic carbocycles. The second-order valence-corrected chi connectivity index (χ2v) is 7.16. The van der Waals surface area contributed by atoms with Crippen LogP contribution in [0.2, 0.25) is 0 Å². The van der Waals surface area contributed by atoms with E-state index in [9.17, 15) is 23.5 Å². The van der Waals surface area contributed by atoms with Crippen molar-refractivity contribution in [1.29, 1.82) is 0 Å². The molecule has 1 heterocycles. The number of rotatable bonds is 5. The van der Waals surface area contributed by atoms with Gasteiger partial charge in [0.1, 0.15) is 23.1 Å². The van der Waals surface area contributed by atoms with Crippen LogP contribution < -0.4 is 9.64 Å². The van der Waals surface area contributed by atoms with Gasteiger partial charge >= 0.3 is 0 Å². The highest BCUT2D eigenvalue weighted by Gasteiger charge is 2.47. The quantitative estimate of drug-likeness (QED) is 0.348. The molecule has 1 atom stereocenters. The molecule has 1 aliphatic rings. The first kappa shape index (κ1) is 21.2. The highest BCUT2D eigenvalue weighted by molar-refractivity contribution is 6.51. The Balaban J connectivity index is 1.91. The maximum atomic E-state index is 13.6. The number of halogens is 2. The van der Waals surface area contributed by atoms with E-state index in [1.54, 1.807) is 24.3 Å². The highest BCUT2D eigenvalue weighted by atomic mass is 19.1. The van der Waals surface area contributed by atoms with Crippen LogP contribution >= 0.6 is 0 Å². The summed E-state index contributed by atoms with van der Waals surface area (Å²) in [7, 11) is 0. The van der Waals surface area contributed by atoms with Gasteiger partial charge in [0.2, 0.25) is 0 Å². The van der Waals surface area contributed by atoms with E-state index in [0.717, 1.165) is 0 Å². The number of ketones is 1. The number of aliphatic hydroxyl groups is 1. The van der Waals surface area contributed by atoms with E-state index in [1.807, 2.05) is 6.92 Å². The summed E-state index contributed by atoms with van der Waals surface area (Å²) in [5.41, 5.74) is 0.821. The standard InChI is InChI=1S/C25H19F2NO4/c1-2-32-20-5-3-4-16(14-20)23(29)21-22(15-6-8-17(26)9-7-15)28(25(31)24(21)30)19-12-10-18(27)11-13-19/h3-14,22,29H,2H2,1H3/b23-21-. The Kier molecular flexibility index (Phi) is 5.73. The van der Waals surface area contributed by atoms with Crippen molar-refractivity contribution in [2.75, 3.05) is 11.5 Å². The van der Waals surface area contributed by atoms with Gasteiger partial charge in [-0.3, -0.25) is 14.5 Å². The number of aliphatic hydroxyl groups excluding tert-OH is 1. The van der Waals surface area contributed by atoms with Crippen molar-refractivity contribution in [1.82, 2.24) is 0 Å². The lowest BCUT2D eigenvalue weighted by atomic mass is 9.95. The average Bonchev–Trinajstić information content (AvgIpc) is 3.05. The van der Waals surface area contributed by atoms with Crippen molar-refractivity contribution < 1.29 is 28.2 Å². The molecule has 1 saturated heterocycles. The highest BCUT2D eigenvalue weighted by Crippen LogP contribution is 2.42. The zero-order chi connectivity index (χ0) is 22.8. The Morgan fingerprint density at radius 3 is 2.22 bits per heavy atom. The molecule has 0 radical (unpaired) electrons. The minimum atomic E-state index is -1.03. The van der Waals surface area contributed by atoms with Gasteiger partial charge < -0.3 is 9.84 Å². The number of hydrogen-bond acceptors (Lipinski definition) is 4. The van der Waals surface area contributed by atoms with E-state index in [0.29, 0.717) is 23.5 Å². The van der Waals surface area contributed by atoms with Crippen LogP contribution in [0.3, 0.4) is 0 Å². The average molecular weight is 435 g/mol. The summed E-state index contributed by atoms with van der Waals surface area (Å²) in [5.74, 6) is -2.67. The van der Waals surface area contributed by atoms with Crippen LogP contribution in [0.5, 0.6) is 5.75 Å². The third kappa shape index (κ3) is 3.85. The largest absolute Gasteiger partial charge is 0.507 e. The van der Waals surface area contributed by atoms with Crippen LogP contribution in [0.1, 0.15) is 24.1 Å². The summed E-state index contributed by atoms with van der Waals surface area (Å²) in [6, 6.07) is 15.8. The molecule has 5 nitrogen and oxygen atoms in total. The summed E-state index contributed by atoms with van der Waals surface area (Å²) in [5, 5.41) is 11.1. The van der Waals surface area contributed by atoms with Crippen molar-refractivity contribution in [2.24, 2.45) is 0 Å². The first-order valence-corrected chi connectivity index (χ1v) is 9.96. The van der Waals surface area contributed by atoms with Crippen molar-refractivity contribution in [3.05, 3.63) is 101 Å². The monoisotopic (exact) mass is 435 g/mol. The van der Waals surface area contributed by atoms with E-state index in [2.05, 4.69) is 0 Å². The molecule has 1 amide bonds. The van der Waals surface area contributed by atoms with E-state index < -0.39 is 29.4 Å². The molecule has 7 heteroatoms. The van der Waals surface area contributed by atoms with Gasteiger partial charge in [0.25, 0.3) is 11.7 Å². The maximum Gasteiger partial charge on any atom is 0.300 e. The smallest absolute Gasteiger partial charge is 0.300 e. The summed E-state index contributed by atoms with van der Waals surface area (Å²) in [6.45, 7) is 2.23. The number of Topliss-reactive ketones (excluding diaryl/α,β-unsaturated/α-hetero) is 1. The fourth-order valence-corrected chi connectivity index (χ4v) is 3.72. The van der Waals surface area contributed by atoms with Gasteiger partial charge in [-0.1, -0.05) is 24.3 Å². The number of carbonyl (C=O) groups is 2. The van der Waals surface area contributed by atoms with Crippen LogP contribution in [-0.2, 0) is 9.59 Å². The van der Waals surface area contributed by atoms with Gasteiger partial charge in [-0.15, -0.1) is 0 Å². The Labute approximate surface area is 183 Å². The van der Waals surface area contributed by atoms with Crippen LogP contribution in [0.25, 0.3) is 5.76 Å². The second-order valence-electron chi connectivity index (χ2n) is 7.16. The molecule has 32 heavy (non-hydrogen) atoms. The molecule has 1 aliphatic heterocycles. The Morgan fingerprint density at radius 1 is 0.969 bits per heavy atom. The van der Waals surface area contributed by atoms with E-state index in [-0.39, 0.29) is 17.0 Å². The van der Waals surface area contributed by atoms with Crippen LogP contribution in [0.4, 0.5) is 14.5 Å². The molecule has 0 saturated carbocycles.